The SMILES string of the molecule is Cc1cc(C)cc(NC(=S)NNC(=O)c2ccc(C[NH+](C)C)o2)c1. The van der Waals surface area contributed by atoms with E-state index in [0.717, 1.165) is 22.6 Å². The van der Waals surface area contributed by atoms with E-state index in [9.17, 15) is 4.79 Å². The highest BCUT2D eigenvalue weighted by Crippen LogP contribution is 2.13. The van der Waals surface area contributed by atoms with Gasteiger partial charge in [-0.3, -0.25) is 15.6 Å². The second-order valence-electron chi connectivity index (χ2n) is 6.06. The molecule has 1 heterocycles. The molecule has 0 aliphatic carbocycles. The second-order valence-corrected chi connectivity index (χ2v) is 6.47. The Morgan fingerprint density at radius 3 is 2.42 bits per heavy atom. The Labute approximate surface area is 147 Å². The number of aryl methyl sites for hydroxylation is 2. The molecule has 24 heavy (non-hydrogen) atoms. The lowest BCUT2D eigenvalue weighted by Crippen LogP contribution is -3.04. The first-order chi connectivity index (χ1) is 11.3. The summed E-state index contributed by atoms with van der Waals surface area (Å²) < 4.78 is 5.50. The minimum atomic E-state index is -0.375. The minimum Gasteiger partial charge on any atom is -0.450 e. The third-order valence-corrected chi connectivity index (χ3v) is 3.39. The van der Waals surface area contributed by atoms with Crippen LogP contribution in [0, 0.1) is 13.8 Å². The van der Waals surface area contributed by atoms with Crippen molar-refractivity contribution in [3.63, 3.8) is 0 Å². The monoisotopic (exact) mass is 347 g/mol. The molecule has 0 aliphatic heterocycles. The number of carbonyl (C=O) groups excluding carboxylic acids is 1. The molecule has 0 radical (unpaired) electrons. The summed E-state index contributed by atoms with van der Waals surface area (Å²) in [6.07, 6.45) is 0. The molecule has 2 rings (SSSR count). The van der Waals surface area contributed by atoms with Gasteiger partial charge in [-0.15, -0.1) is 0 Å². The van der Waals surface area contributed by atoms with Crippen molar-refractivity contribution in [2.45, 2.75) is 20.4 Å². The van der Waals surface area contributed by atoms with Gasteiger partial charge < -0.3 is 14.6 Å². The first-order valence-corrected chi connectivity index (χ1v) is 8.07. The number of thiocarbonyl (C=S) groups is 1. The molecule has 7 heteroatoms. The van der Waals surface area contributed by atoms with Gasteiger partial charge in [0.15, 0.2) is 16.6 Å². The number of hydrazine groups is 1. The van der Waals surface area contributed by atoms with Gasteiger partial charge in [0.1, 0.15) is 6.54 Å². The van der Waals surface area contributed by atoms with Gasteiger partial charge in [0, 0.05) is 5.69 Å². The number of carbonyl (C=O) groups is 1. The van der Waals surface area contributed by atoms with Crippen molar-refractivity contribution >= 4 is 28.9 Å². The fourth-order valence-electron chi connectivity index (χ4n) is 2.33. The van der Waals surface area contributed by atoms with Crippen molar-refractivity contribution < 1.29 is 14.1 Å². The van der Waals surface area contributed by atoms with Crippen LogP contribution in [0.4, 0.5) is 5.69 Å². The zero-order chi connectivity index (χ0) is 17.7. The highest BCUT2D eigenvalue weighted by molar-refractivity contribution is 7.80. The van der Waals surface area contributed by atoms with E-state index in [1.54, 1.807) is 12.1 Å². The molecule has 0 fully saturated rings. The largest absolute Gasteiger partial charge is 0.450 e. The van der Waals surface area contributed by atoms with Crippen LogP contribution in [-0.4, -0.2) is 25.1 Å². The molecule has 1 aromatic carbocycles. The highest BCUT2D eigenvalue weighted by atomic mass is 32.1. The standard InChI is InChI=1S/C17H22N4O2S/c1-11-7-12(2)9-13(8-11)18-17(24)20-19-16(22)15-6-5-14(23-15)10-21(3)4/h5-9H,10H2,1-4H3,(H,19,22)(H2,18,20,24)/p+1. The number of anilines is 1. The van der Waals surface area contributed by atoms with E-state index in [1.807, 2.05) is 40.1 Å². The van der Waals surface area contributed by atoms with Gasteiger partial charge >= 0.3 is 5.91 Å². The Bertz CT molecular complexity index is 720. The van der Waals surface area contributed by atoms with Crippen LogP contribution in [0.5, 0.6) is 0 Å². The Balaban J connectivity index is 1.86. The molecule has 2 aromatic rings. The van der Waals surface area contributed by atoms with Crippen molar-refractivity contribution in [3.8, 4) is 0 Å². The van der Waals surface area contributed by atoms with Crippen LogP contribution in [0.3, 0.4) is 0 Å². The summed E-state index contributed by atoms with van der Waals surface area (Å²) in [6.45, 7) is 4.74. The summed E-state index contributed by atoms with van der Waals surface area (Å²) in [4.78, 5) is 13.3. The highest BCUT2D eigenvalue weighted by Gasteiger charge is 2.12. The maximum Gasteiger partial charge on any atom is 0.305 e. The molecule has 128 valence electrons. The number of quaternary nitrogens is 1. The molecule has 0 saturated heterocycles. The van der Waals surface area contributed by atoms with Crippen LogP contribution >= 0.6 is 12.2 Å². The van der Waals surface area contributed by atoms with Gasteiger partial charge in [0.2, 0.25) is 0 Å². The molecular weight excluding hydrogens is 324 g/mol. The third-order valence-electron chi connectivity index (χ3n) is 3.18. The van der Waals surface area contributed by atoms with Gasteiger partial charge in [-0.25, -0.2) is 0 Å². The number of hydrogen-bond donors (Lipinski definition) is 4. The van der Waals surface area contributed by atoms with Gasteiger partial charge in [-0.05, 0) is 61.5 Å². The number of rotatable bonds is 4. The fraction of sp³-hybridized carbons (Fsp3) is 0.294. The molecule has 0 saturated carbocycles. The molecule has 0 atom stereocenters. The Morgan fingerprint density at radius 1 is 1.12 bits per heavy atom. The molecule has 6 nitrogen and oxygen atoms in total. The molecule has 0 aliphatic rings. The van der Waals surface area contributed by atoms with Crippen molar-refractivity contribution in [2.24, 2.45) is 0 Å². The van der Waals surface area contributed by atoms with Crippen LogP contribution < -0.4 is 21.1 Å². The summed E-state index contributed by atoms with van der Waals surface area (Å²) >= 11 is 5.18. The Morgan fingerprint density at radius 2 is 1.79 bits per heavy atom. The lowest BCUT2D eigenvalue weighted by molar-refractivity contribution is -0.873. The number of hydrogen-bond acceptors (Lipinski definition) is 3. The number of benzene rings is 1. The predicted molar refractivity (Wildman–Crippen MR) is 98.0 cm³/mol. The predicted octanol–water partition coefficient (Wildman–Crippen LogP) is 1.17. The Hall–Kier alpha value is -2.38. The van der Waals surface area contributed by atoms with Crippen LogP contribution in [0.2, 0.25) is 0 Å². The lowest BCUT2D eigenvalue weighted by atomic mass is 10.1. The van der Waals surface area contributed by atoms with E-state index in [2.05, 4.69) is 22.2 Å². The second kappa shape index (κ2) is 7.94. The molecule has 0 unspecified atom stereocenters. The first kappa shape index (κ1) is 18.0. The van der Waals surface area contributed by atoms with Crippen molar-refractivity contribution in [3.05, 3.63) is 53.0 Å². The average molecular weight is 347 g/mol. The molecule has 4 N–H and O–H groups in total. The van der Waals surface area contributed by atoms with Crippen molar-refractivity contribution in [1.82, 2.24) is 10.9 Å². The number of furan rings is 1. The van der Waals surface area contributed by atoms with Crippen LogP contribution in [0.1, 0.15) is 27.4 Å². The number of nitrogens with one attached hydrogen (secondary N) is 4. The normalized spacial score (nSPS) is 10.5. The summed E-state index contributed by atoms with van der Waals surface area (Å²) in [5.74, 6) is 0.628. The van der Waals surface area contributed by atoms with Gasteiger partial charge in [0.05, 0.1) is 14.1 Å². The third kappa shape index (κ3) is 5.36. The van der Waals surface area contributed by atoms with E-state index >= 15 is 0 Å². The van der Waals surface area contributed by atoms with Crippen LogP contribution in [0.25, 0.3) is 0 Å². The van der Waals surface area contributed by atoms with Gasteiger partial charge in [-0.1, -0.05) is 6.07 Å². The van der Waals surface area contributed by atoms with E-state index in [0.29, 0.717) is 11.7 Å². The topological polar surface area (TPSA) is 70.7 Å². The first-order valence-electron chi connectivity index (χ1n) is 7.67. The molecule has 0 bridgehead atoms. The molecule has 0 spiro atoms. The summed E-state index contributed by atoms with van der Waals surface area (Å²) in [5.41, 5.74) is 8.33. The minimum absolute atomic E-state index is 0.243. The van der Waals surface area contributed by atoms with E-state index in [1.165, 1.54) is 4.90 Å². The molecular formula is C17H23N4O2S+. The van der Waals surface area contributed by atoms with Crippen molar-refractivity contribution in [1.29, 1.82) is 0 Å². The van der Waals surface area contributed by atoms with Gasteiger partial charge in [0.25, 0.3) is 0 Å². The lowest BCUT2D eigenvalue weighted by Gasteiger charge is -2.12. The smallest absolute Gasteiger partial charge is 0.305 e. The van der Waals surface area contributed by atoms with E-state index in [-0.39, 0.29) is 11.7 Å². The van der Waals surface area contributed by atoms with E-state index in [4.69, 9.17) is 16.6 Å². The fourth-order valence-corrected chi connectivity index (χ4v) is 2.50. The summed E-state index contributed by atoms with van der Waals surface area (Å²) in [7, 11) is 4.03. The zero-order valence-corrected chi connectivity index (χ0v) is 15.1. The maximum absolute atomic E-state index is 12.0. The summed E-state index contributed by atoms with van der Waals surface area (Å²) in [6, 6.07) is 9.48. The van der Waals surface area contributed by atoms with E-state index < -0.39 is 0 Å². The number of amides is 1. The van der Waals surface area contributed by atoms with Crippen LogP contribution in [-0.2, 0) is 6.54 Å². The van der Waals surface area contributed by atoms with Crippen molar-refractivity contribution in [2.75, 3.05) is 19.4 Å². The van der Waals surface area contributed by atoms with Crippen LogP contribution in [0.15, 0.2) is 34.7 Å². The zero-order valence-electron chi connectivity index (χ0n) is 14.3. The average Bonchev–Trinajstić information content (AvgIpc) is 2.91. The Kier molecular flexibility index (Phi) is 5.94. The quantitative estimate of drug-likeness (QED) is 0.494. The maximum atomic E-state index is 12.0. The summed E-state index contributed by atoms with van der Waals surface area (Å²) in [5, 5.41) is 3.34. The molecule has 1 amide bonds. The van der Waals surface area contributed by atoms with Gasteiger partial charge in [-0.2, -0.15) is 0 Å². The molecule has 1 aromatic heterocycles.